The van der Waals surface area contributed by atoms with E-state index in [-0.39, 0.29) is 6.04 Å². The van der Waals surface area contributed by atoms with E-state index in [1.807, 2.05) is 19.2 Å². The molecular formula is C8H11ClN2. The van der Waals surface area contributed by atoms with Crippen molar-refractivity contribution in [3.8, 4) is 0 Å². The number of rotatable bonds is 3. The Morgan fingerprint density at radius 3 is 2.64 bits per heavy atom. The number of alkyl halides is 1. The molecule has 3 heteroatoms. The van der Waals surface area contributed by atoms with Crippen LogP contribution in [0.1, 0.15) is 11.6 Å². The summed E-state index contributed by atoms with van der Waals surface area (Å²) in [6.07, 6.45) is 3.54. The van der Waals surface area contributed by atoms with Crippen molar-refractivity contribution in [3.63, 3.8) is 0 Å². The molecule has 60 valence electrons. The zero-order chi connectivity index (χ0) is 8.10. The molecule has 0 aliphatic rings. The number of hydrogen-bond donors (Lipinski definition) is 1. The van der Waals surface area contributed by atoms with Crippen LogP contribution in [0, 0.1) is 0 Å². The molecule has 1 unspecified atom stereocenters. The third-order valence-electron chi connectivity index (χ3n) is 1.61. The van der Waals surface area contributed by atoms with Crippen molar-refractivity contribution in [3.05, 3.63) is 30.1 Å². The monoisotopic (exact) mass is 170 g/mol. The molecule has 2 nitrogen and oxygen atoms in total. The highest BCUT2D eigenvalue weighted by molar-refractivity contribution is 6.18. The first-order chi connectivity index (χ1) is 5.38. The van der Waals surface area contributed by atoms with Gasteiger partial charge in [0, 0.05) is 24.3 Å². The second-order valence-corrected chi connectivity index (χ2v) is 2.58. The van der Waals surface area contributed by atoms with Crippen LogP contribution in [0.2, 0.25) is 0 Å². The van der Waals surface area contributed by atoms with E-state index in [2.05, 4.69) is 10.3 Å². The highest BCUT2D eigenvalue weighted by Gasteiger charge is 2.04. The van der Waals surface area contributed by atoms with Gasteiger partial charge in [-0.1, -0.05) is 0 Å². The fourth-order valence-electron chi connectivity index (χ4n) is 0.929. The largest absolute Gasteiger partial charge is 0.312 e. The van der Waals surface area contributed by atoms with Crippen LogP contribution in [0.3, 0.4) is 0 Å². The predicted octanol–water partition coefficient (Wildman–Crippen LogP) is 1.58. The molecule has 1 atom stereocenters. The first-order valence-electron chi connectivity index (χ1n) is 3.51. The van der Waals surface area contributed by atoms with Gasteiger partial charge in [-0.15, -0.1) is 11.6 Å². The van der Waals surface area contributed by atoms with Crippen LogP contribution in [0.4, 0.5) is 0 Å². The minimum Gasteiger partial charge on any atom is -0.312 e. The summed E-state index contributed by atoms with van der Waals surface area (Å²) < 4.78 is 0. The average molecular weight is 171 g/mol. The number of nitrogens with one attached hydrogen (secondary N) is 1. The van der Waals surface area contributed by atoms with Crippen molar-refractivity contribution >= 4 is 11.6 Å². The van der Waals surface area contributed by atoms with E-state index in [1.54, 1.807) is 12.4 Å². The Morgan fingerprint density at radius 1 is 1.55 bits per heavy atom. The third kappa shape index (κ3) is 2.17. The van der Waals surface area contributed by atoms with E-state index in [9.17, 15) is 0 Å². The third-order valence-corrected chi connectivity index (χ3v) is 1.92. The molecule has 1 heterocycles. The lowest BCUT2D eigenvalue weighted by Crippen LogP contribution is -2.17. The number of hydrogen-bond acceptors (Lipinski definition) is 2. The molecule has 1 rings (SSSR count). The van der Waals surface area contributed by atoms with Crippen molar-refractivity contribution < 1.29 is 0 Å². The number of halogens is 1. The van der Waals surface area contributed by atoms with Gasteiger partial charge >= 0.3 is 0 Å². The molecule has 0 saturated carbocycles. The normalized spacial score (nSPS) is 12.9. The molecular weight excluding hydrogens is 160 g/mol. The zero-order valence-corrected chi connectivity index (χ0v) is 7.17. The van der Waals surface area contributed by atoms with E-state index in [0.717, 1.165) is 0 Å². The standard InChI is InChI=1S/C8H11ClN2/c1-10-8(6-9)7-2-4-11-5-3-7/h2-5,8,10H,6H2,1H3. The Labute approximate surface area is 71.6 Å². The Bertz CT molecular complexity index is 197. The summed E-state index contributed by atoms with van der Waals surface area (Å²) in [6, 6.07) is 4.16. The summed E-state index contributed by atoms with van der Waals surface area (Å²) in [5.74, 6) is 0.584. The molecule has 1 N–H and O–H groups in total. The van der Waals surface area contributed by atoms with Gasteiger partial charge < -0.3 is 5.32 Å². The van der Waals surface area contributed by atoms with Crippen molar-refractivity contribution in [2.75, 3.05) is 12.9 Å². The van der Waals surface area contributed by atoms with Gasteiger partial charge in [-0.3, -0.25) is 4.98 Å². The molecule has 0 radical (unpaired) electrons. The molecule has 0 aromatic carbocycles. The summed E-state index contributed by atoms with van der Waals surface area (Å²) in [7, 11) is 1.90. The van der Waals surface area contributed by atoms with E-state index >= 15 is 0 Å². The Kier molecular flexibility index (Phi) is 3.33. The van der Waals surface area contributed by atoms with Gasteiger partial charge in [0.25, 0.3) is 0 Å². The quantitative estimate of drug-likeness (QED) is 0.697. The maximum absolute atomic E-state index is 5.72. The van der Waals surface area contributed by atoms with Gasteiger partial charge in [0.05, 0.1) is 0 Å². The van der Waals surface area contributed by atoms with E-state index in [1.165, 1.54) is 5.56 Å². The van der Waals surface area contributed by atoms with Crippen LogP contribution in [0.15, 0.2) is 24.5 Å². The SMILES string of the molecule is CNC(CCl)c1ccncc1. The lowest BCUT2D eigenvalue weighted by Gasteiger charge is -2.11. The van der Waals surface area contributed by atoms with Gasteiger partial charge in [0.1, 0.15) is 0 Å². The Morgan fingerprint density at radius 2 is 2.18 bits per heavy atom. The fourth-order valence-corrected chi connectivity index (χ4v) is 1.26. The van der Waals surface area contributed by atoms with Crippen LogP contribution in [-0.4, -0.2) is 17.9 Å². The van der Waals surface area contributed by atoms with Crippen molar-refractivity contribution in [1.82, 2.24) is 10.3 Å². The molecule has 11 heavy (non-hydrogen) atoms. The second-order valence-electron chi connectivity index (χ2n) is 2.28. The van der Waals surface area contributed by atoms with Gasteiger partial charge in [-0.2, -0.15) is 0 Å². The number of pyridine rings is 1. The lowest BCUT2D eigenvalue weighted by atomic mass is 10.1. The van der Waals surface area contributed by atoms with Gasteiger partial charge in [0.15, 0.2) is 0 Å². The summed E-state index contributed by atoms with van der Waals surface area (Å²) in [5.41, 5.74) is 1.18. The van der Waals surface area contributed by atoms with Crippen LogP contribution < -0.4 is 5.32 Å². The number of nitrogens with zero attached hydrogens (tertiary/aromatic N) is 1. The second kappa shape index (κ2) is 4.31. The zero-order valence-electron chi connectivity index (χ0n) is 6.42. The molecule has 0 bridgehead atoms. The molecule has 1 aromatic heterocycles. The van der Waals surface area contributed by atoms with Crippen molar-refractivity contribution in [2.45, 2.75) is 6.04 Å². The topological polar surface area (TPSA) is 24.9 Å². The predicted molar refractivity (Wildman–Crippen MR) is 46.8 cm³/mol. The lowest BCUT2D eigenvalue weighted by molar-refractivity contribution is 0.657. The molecule has 0 fully saturated rings. The van der Waals surface area contributed by atoms with E-state index < -0.39 is 0 Å². The van der Waals surface area contributed by atoms with E-state index in [4.69, 9.17) is 11.6 Å². The molecule has 1 aromatic rings. The van der Waals surface area contributed by atoms with Gasteiger partial charge in [0.2, 0.25) is 0 Å². The highest BCUT2D eigenvalue weighted by Crippen LogP contribution is 2.11. The minimum atomic E-state index is 0.236. The smallest absolute Gasteiger partial charge is 0.0456 e. The summed E-state index contributed by atoms with van der Waals surface area (Å²) in [6.45, 7) is 0. The highest BCUT2D eigenvalue weighted by atomic mass is 35.5. The van der Waals surface area contributed by atoms with Crippen molar-refractivity contribution in [2.24, 2.45) is 0 Å². The fraction of sp³-hybridized carbons (Fsp3) is 0.375. The van der Waals surface area contributed by atoms with Crippen LogP contribution in [0.5, 0.6) is 0 Å². The van der Waals surface area contributed by atoms with E-state index in [0.29, 0.717) is 5.88 Å². The Balaban J connectivity index is 2.74. The summed E-state index contributed by atoms with van der Waals surface area (Å²) in [5, 5.41) is 3.11. The first-order valence-corrected chi connectivity index (χ1v) is 4.05. The van der Waals surface area contributed by atoms with Crippen LogP contribution >= 0.6 is 11.6 Å². The van der Waals surface area contributed by atoms with Crippen LogP contribution in [0.25, 0.3) is 0 Å². The molecule has 0 spiro atoms. The summed E-state index contributed by atoms with van der Waals surface area (Å²) in [4.78, 5) is 3.93. The molecule has 0 amide bonds. The first kappa shape index (κ1) is 8.50. The average Bonchev–Trinajstić information content (AvgIpc) is 2.09. The molecule has 0 saturated heterocycles. The van der Waals surface area contributed by atoms with Gasteiger partial charge in [-0.05, 0) is 24.7 Å². The van der Waals surface area contributed by atoms with Crippen LogP contribution in [-0.2, 0) is 0 Å². The molecule has 0 aliphatic carbocycles. The maximum atomic E-state index is 5.72. The molecule has 0 aliphatic heterocycles. The maximum Gasteiger partial charge on any atom is 0.0456 e. The Hall–Kier alpha value is -0.600. The van der Waals surface area contributed by atoms with Gasteiger partial charge in [-0.25, -0.2) is 0 Å². The minimum absolute atomic E-state index is 0.236. The summed E-state index contributed by atoms with van der Waals surface area (Å²) >= 11 is 5.72. The van der Waals surface area contributed by atoms with Crippen molar-refractivity contribution in [1.29, 1.82) is 0 Å². The number of aromatic nitrogens is 1.